The standard InChI is InChI=1S/C9H16N2O3/c1-6(9(10)13)4-11-8-3-2-7(5-12)14-8/h4,7-8,11-12H,2-3,5H2,1H3,(H2,10,13)/b6-4-/t7-,8+/m0/s1. The van der Waals surface area contributed by atoms with Crippen molar-refractivity contribution in [3.05, 3.63) is 11.8 Å². The number of nitrogens with one attached hydrogen (secondary N) is 1. The predicted molar refractivity (Wildman–Crippen MR) is 51.1 cm³/mol. The van der Waals surface area contributed by atoms with E-state index in [1.807, 2.05) is 0 Å². The van der Waals surface area contributed by atoms with Crippen molar-refractivity contribution in [3.63, 3.8) is 0 Å². The Morgan fingerprint density at radius 2 is 2.43 bits per heavy atom. The van der Waals surface area contributed by atoms with Crippen LogP contribution in [0.5, 0.6) is 0 Å². The first-order valence-corrected chi connectivity index (χ1v) is 4.62. The Hall–Kier alpha value is -1.07. The molecule has 1 heterocycles. The van der Waals surface area contributed by atoms with Gasteiger partial charge in [-0.15, -0.1) is 0 Å². The van der Waals surface area contributed by atoms with Crippen LogP contribution in [0.3, 0.4) is 0 Å². The number of ether oxygens (including phenoxy) is 1. The molecule has 0 spiro atoms. The van der Waals surface area contributed by atoms with E-state index in [1.54, 1.807) is 13.1 Å². The Morgan fingerprint density at radius 3 is 2.93 bits per heavy atom. The Kier molecular flexibility index (Phi) is 3.91. The number of nitrogens with two attached hydrogens (primary N) is 1. The van der Waals surface area contributed by atoms with Crippen LogP contribution in [0.1, 0.15) is 19.8 Å². The summed E-state index contributed by atoms with van der Waals surface area (Å²) in [4.78, 5) is 10.7. The van der Waals surface area contributed by atoms with Crippen molar-refractivity contribution in [2.45, 2.75) is 32.1 Å². The second-order valence-electron chi connectivity index (χ2n) is 3.36. The van der Waals surface area contributed by atoms with Gasteiger partial charge in [-0.1, -0.05) is 0 Å². The number of carbonyl (C=O) groups excluding carboxylic acids is 1. The zero-order valence-electron chi connectivity index (χ0n) is 8.19. The molecule has 1 amide bonds. The highest BCUT2D eigenvalue weighted by molar-refractivity contribution is 5.91. The summed E-state index contributed by atoms with van der Waals surface area (Å²) in [6.45, 7) is 1.67. The highest BCUT2D eigenvalue weighted by Gasteiger charge is 2.23. The molecule has 0 saturated carbocycles. The second kappa shape index (κ2) is 4.97. The van der Waals surface area contributed by atoms with Gasteiger partial charge in [-0.2, -0.15) is 0 Å². The van der Waals surface area contributed by atoms with Crippen LogP contribution in [-0.2, 0) is 9.53 Å². The Bertz CT molecular complexity index is 240. The molecule has 0 unspecified atom stereocenters. The second-order valence-corrected chi connectivity index (χ2v) is 3.36. The lowest BCUT2D eigenvalue weighted by molar-refractivity contribution is -0.114. The summed E-state index contributed by atoms with van der Waals surface area (Å²) >= 11 is 0. The molecule has 1 fully saturated rings. The number of carbonyl (C=O) groups is 1. The normalized spacial score (nSPS) is 27.7. The zero-order valence-corrected chi connectivity index (χ0v) is 8.19. The number of rotatable bonds is 4. The number of primary amides is 1. The molecule has 2 atom stereocenters. The van der Waals surface area contributed by atoms with E-state index in [9.17, 15) is 4.79 Å². The average molecular weight is 200 g/mol. The lowest BCUT2D eigenvalue weighted by Gasteiger charge is -2.12. The van der Waals surface area contributed by atoms with E-state index in [-0.39, 0.29) is 18.9 Å². The first-order chi connectivity index (χ1) is 6.63. The SMILES string of the molecule is C/C(=C/N[C@H]1CC[C@@H](CO)O1)C(N)=O. The Morgan fingerprint density at radius 1 is 1.71 bits per heavy atom. The van der Waals surface area contributed by atoms with Gasteiger partial charge in [0.1, 0.15) is 6.23 Å². The lowest BCUT2D eigenvalue weighted by atomic mass is 10.2. The molecular formula is C9H16N2O3. The summed E-state index contributed by atoms with van der Waals surface area (Å²) in [5, 5.41) is 11.7. The number of amides is 1. The fourth-order valence-corrected chi connectivity index (χ4v) is 1.25. The molecule has 0 radical (unpaired) electrons. The van der Waals surface area contributed by atoms with E-state index in [1.165, 1.54) is 0 Å². The minimum absolute atomic E-state index is 0.0384. The first kappa shape index (κ1) is 11.0. The summed E-state index contributed by atoms with van der Waals surface area (Å²) in [6.07, 6.45) is 2.99. The average Bonchev–Trinajstić information content (AvgIpc) is 2.61. The van der Waals surface area contributed by atoms with Crippen LogP contribution in [0, 0.1) is 0 Å². The van der Waals surface area contributed by atoms with Gasteiger partial charge in [0.15, 0.2) is 0 Å². The highest BCUT2D eigenvalue weighted by atomic mass is 16.5. The van der Waals surface area contributed by atoms with Gasteiger partial charge in [-0.25, -0.2) is 0 Å². The zero-order chi connectivity index (χ0) is 10.6. The summed E-state index contributed by atoms with van der Waals surface area (Å²) < 4.78 is 5.38. The molecule has 1 aliphatic rings. The number of hydrogen-bond donors (Lipinski definition) is 3. The van der Waals surface area contributed by atoms with Gasteiger partial charge in [0.25, 0.3) is 0 Å². The molecular weight excluding hydrogens is 184 g/mol. The molecule has 1 saturated heterocycles. The molecule has 0 aliphatic carbocycles. The van der Waals surface area contributed by atoms with Crippen molar-refractivity contribution in [3.8, 4) is 0 Å². The monoisotopic (exact) mass is 200 g/mol. The van der Waals surface area contributed by atoms with Gasteiger partial charge in [-0.05, 0) is 19.8 Å². The number of aliphatic hydroxyl groups excluding tert-OH is 1. The lowest BCUT2D eigenvalue weighted by Crippen LogP contribution is -2.26. The van der Waals surface area contributed by atoms with E-state index in [0.29, 0.717) is 5.57 Å². The topological polar surface area (TPSA) is 84.6 Å². The fraction of sp³-hybridized carbons (Fsp3) is 0.667. The quantitative estimate of drug-likeness (QED) is 0.532. The van der Waals surface area contributed by atoms with Crippen molar-refractivity contribution < 1.29 is 14.6 Å². The Labute approximate surface area is 82.9 Å². The molecule has 0 aromatic carbocycles. The summed E-state index contributed by atoms with van der Waals surface area (Å²) in [7, 11) is 0. The summed E-state index contributed by atoms with van der Waals surface area (Å²) in [5.74, 6) is -0.450. The molecule has 1 rings (SSSR count). The third kappa shape index (κ3) is 3.01. The first-order valence-electron chi connectivity index (χ1n) is 4.62. The van der Waals surface area contributed by atoms with E-state index in [0.717, 1.165) is 12.8 Å². The van der Waals surface area contributed by atoms with Crippen LogP contribution < -0.4 is 11.1 Å². The minimum atomic E-state index is -0.450. The third-order valence-electron chi connectivity index (χ3n) is 2.19. The van der Waals surface area contributed by atoms with Crippen molar-refractivity contribution in [2.75, 3.05) is 6.61 Å². The third-order valence-corrected chi connectivity index (χ3v) is 2.19. The van der Waals surface area contributed by atoms with Crippen molar-refractivity contribution in [1.29, 1.82) is 0 Å². The minimum Gasteiger partial charge on any atom is -0.394 e. The van der Waals surface area contributed by atoms with Gasteiger partial charge in [0, 0.05) is 11.8 Å². The molecule has 0 aromatic heterocycles. The number of aliphatic hydroxyl groups is 1. The van der Waals surface area contributed by atoms with E-state index in [4.69, 9.17) is 15.6 Å². The molecule has 5 heteroatoms. The van der Waals surface area contributed by atoms with E-state index < -0.39 is 5.91 Å². The van der Waals surface area contributed by atoms with Crippen LogP contribution >= 0.6 is 0 Å². The fourth-order valence-electron chi connectivity index (χ4n) is 1.25. The summed E-state index contributed by atoms with van der Waals surface area (Å²) in [6, 6.07) is 0. The van der Waals surface area contributed by atoms with Gasteiger partial charge in [0.2, 0.25) is 5.91 Å². The highest BCUT2D eigenvalue weighted by Crippen LogP contribution is 2.17. The van der Waals surface area contributed by atoms with Gasteiger partial charge in [0.05, 0.1) is 12.7 Å². The molecule has 0 bridgehead atoms. The van der Waals surface area contributed by atoms with Crippen LogP contribution in [0.25, 0.3) is 0 Å². The van der Waals surface area contributed by atoms with Crippen LogP contribution in [0.15, 0.2) is 11.8 Å². The molecule has 4 N–H and O–H groups in total. The van der Waals surface area contributed by atoms with Gasteiger partial charge >= 0.3 is 0 Å². The molecule has 0 aromatic rings. The van der Waals surface area contributed by atoms with Gasteiger partial charge in [-0.3, -0.25) is 4.79 Å². The Balaban J connectivity index is 2.33. The van der Waals surface area contributed by atoms with Gasteiger partial charge < -0.3 is 20.9 Å². The maximum absolute atomic E-state index is 10.7. The molecule has 5 nitrogen and oxygen atoms in total. The van der Waals surface area contributed by atoms with Crippen molar-refractivity contribution >= 4 is 5.91 Å². The maximum atomic E-state index is 10.7. The number of hydrogen-bond acceptors (Lipinski definition) is 4. The van der Waals surface area contributed by atoms with Crippen molar-refractivity contribution in [2.24, 2.45) is 5.73 Å². The maximum Gasteiger partial charge on any atom is 0.245 e. The van der Waals surface area contributed by atoms with Crippen LogP contribution in [0.2, 0.25) is 0 Å². The van der Waals surface area contributed by atoms with Crippen molar-refractivity contribution in [1.82, 2.24) is 5.32 Å². The predicted octanol–water partition coefficient (Wildman–Crippen LogP) is -0.538. The summed E-state index contributed by atoms with van der Waals surface area (Å²) in [5.41, 5.74) is 5.51. The molecule has 1 aliphatic heterocycles. The van der Waals surface area contributed by atoms with E-state index >= 15 is 0 Å². The van der Waals surface area contributed by atoms with E-state index in [2.05, 4.69) is 5.32 Å². The molecule has 14 heavy (non-hydrogen) atoms. The largest absolute Gasteiger partial charge is 0.394 e. The smallest absolute Gasteiger partial charge is 0.245 e. The van der Waals surface area contributed by atoms with Crippen LogP contribution in [0.4, 0.5) is 0 Å². The molecule has 80 valence electrons. The van der Waals surface area contributed by atoms with Crippen LogP contribution in [-0.4, -0.2) is 30.0 Å².